The molecule has 0 heterocycles. The fourth-order valence-electron chi connectivity index (χ4n) is 3.05. The SMILES string of the molecule is CC(C)(C)OP(=O)(OCCNC(=O)c1cc([N+](=O)[O-])cc([N+](=O)[O-])c1N(CCI)CCI)OC(C)(C)C. The third-order valence-electron chi connectivity index (χ3n) is 4.16. The lowest BCUT2D eigenvalue weighted by Crippen LogP contribution is -2.33. The summed E-state index contributed by atoms with van der Waals surface area (Å²) in [5.41, 5.74) is -3.02. The van der Waals surface area contributed by atoms with Crippen molar-refractivity contribution in [3.63, 3.8) is 0 Å². The first-order chi connectivity index (χ1) is 16.9. The number of benzene rings is 1. The van der Waals surface area contributed by atoms with E-state index in [2.05, 4.69) is 50.5 Å². The second kappa shape index (κ2) is 14.3. The van der Waals surface area contributed by atoms with Crippen LogP contribution in [0.3, 0.4) is 0 Å². The summed E-state index contributed by atoms with van der Waals surface area (Å²) in [7, 11) is -4.02. The molecule has 0 unspecified atom stereocenters. The monoisotopic (exact) mass is 770 g/mol. The predicted molar refractivity (Wildman–Crippen MR) is 157 cm³/mol. The highest BCUT2D eigenvalue weighted by Gasteiger charge is 2.37. The van der Waals surface area contributed by atoms with Gasteiger partial charge in [0.05, 0.1) is 39.3 Å². The molecule has 0 aliphatic heterocycles. The Balaban J connectivity index is 3.26. The van der Waals surface area contributed by atoms with Crippen LogP contribution in [0.1, 0.15) is 51.9 Å². The van der Waals surface area contributed by atoms with Crippen LogP contribution in [-0.4, -0.2) is 62.1 Å². The molecule has 0 aliphatic carbocycles. The first-order valence-corrected chi connectivity index (χ1v) is 15.7. The lowest BCUT2D eigenvalue weighted by Gasteiger charge is -2.30. The van der Waals surface area contributed by atoms with Crippen LogP contribution in [-0.2, 0) is 18.1 Å². The minimum Gasteiger partial charge on any atom is -0.364 e. The van der Waals surface area contributed by atoms with Gasteiger partial charge in [0.25, 0.3) is 17.3 Å². The maximum Gasteiger partial charge on any atom is 0.475 e. The van der Waals surface area contributed by atoms with Crippen LogP contribution in [0.15, 0.2) is 12.1 Å². The minimum absolute atomic E-state index is 0.000142. The van der Waals surface area contributed by atoms with Crippen molar-refractivity contribution in [2.45, 2.75) is 52.7 Å². The van der Waals surface area contributed by atoms with E-state index >= 15 is 0 Å². The first kappa shape index (κ1) is 33.9. The molecule has 0 spiro atoms. The van der Waals surface area contributed by atoms with Crippen LogP contribution in [0.4, 0.5) is 17.1 Å². The Morgan fingerprint density at radius 3 is 1.92 bits per heavy atom. The van der Waals surface area contributed by atoms with Crippen LogP contribution in [0.2, 0.25) is 0 Å². The molecule has 1 rings (SSSR count). The van der Waals surface area contributed by atoms with Gasteiger partial charge in [-0.2, -0.15) is 0 Å². The van der Waals surface area contributed by atoms with Gasteiger partial charge in [0.1, 0.15) is 5.69 Å². The van der Waals surface area contributed by atoms with Gasteiger partial charge in [-0.05, 0) is 41.5 Å². The first-order valence-electron chi connectivity index (χ1n) is 11.2. The Hall–Kier alpha value is -1.14. The molecule has 13 nitrogen and oxygen atoms in total. The molecule has 0 radical (unpaired) electrons. The van der Waals surface area contributed by atoms with Crippen molar-refractivity contribution in [2.75, 3.05) is 40.0 Å². The predicted octanol–water partition coefficient (Wildman–Crippen LogP) is 5.66. The molecule has 210 valence electrons. The second-order valence-corrected chi connectivity index (χ2v) is 13.4. The number of rotatable bonds is 14. The highest BCUT2D eigenvalue weighted by molar-refractivity contribution is 14.1. The van der Waals surface area contributed by atoms with Crippen LogP contribution >= 0.6 is 53.0 Å². The van der Waals surface area contributed by atoms with Crippen LogP contribution in [0.25, 0.3) is 0 Å². The smallest absolute Gasteiger partial charge is 0.364 e. The average Bonchev–Trinajstić information content (AvgIpc) is 2.72. The number of nitro groups is 2. The summed E-state index contributed by atoms with van der Waals surface area (Å²) >= 11 is 4.22. The Bertz CT molecular complexity index is 1000. The van der Waals surface area contributed by atoms with Gasteiger partial charge in [0.15, 0.2) is 0 Å². The fourth-order valence-corrected chi connectivity index (χ4v) is 6.02. The number of anilines is 1. The molecular formula is C21H33I2N4O9P. The number of carbonyl (C=O) groups excluding carboxylic acids is 1. The average molecular weight is 770 g/mol. The maximum atomic E-state index is 13.1. The Morgan fingerprint density at radius 1 is 1.00 bits per heavy atom. The van der Waals surface area contributed by atoms with Crippen LogP contribution in [0, 0.1) is 20.2 Å². The van der Waals surface area contributed by atoms with Gasteiger partial charge in [-0.15, -0.1) is 0 Å². The molecule has 1 N–H and O–H groups in total. The number of non-ortho nitro benzene ring substituents is 1. The fraction of sp³-hybridized carbons (Fsp3) is 0.667. The summed E-state index contributed by atoms with van der Waals surface area (Å²) in [6, 6.07) is 1.87. The molecule has 0 saturated carbocycles. The lowest BCUT2D eigenvalue weighted by molar-refractivity contribution is -0.393. The maximum absolute atomic E-state index is 13.1. The molecule has 0 saturated heterocycles. The van der Waals surface area contributed by atoms with E-state index in [0.29, 0.717) is 21.9 Å². The molecule has 0 aliphatic rings. The highest BCUT2D eigenvalue weighted by Crippen LogP contribution is 2.55. The number of amides is 1. The standard InChI is InChI=1S/C21H33I2N4O9P/c1-20(2,3)35-37(33,36-21(4,5)6)34-12-9-24-19(28)16-13-15(26(29)30)14-17(27(31)32)18(16)25(10-7-22)11-8-23/h13-14H,7-12H2,1-6H3,(H,24,28). The van der Waals surface area contributed by atoms with Crippen molar-refractivity contribution in [3.05, 3.63) is 37.9 Å². The summed E-state index contributed by atoms with van der Waals surface area (Å²) in [5, 5.41) is 25.8. The number of hydrogen-bond donors (Lipinski definition) is 1. The van der Waals surface area contributed by atoms with E-state index in [1.54, 1.807) is 46.4 Å². The van der Waals surface area contributed by atoms with Crippen molar-refractivity contribution in [1.82, 2.24) is 5.32 Å². The number of nitrogens with zero attached hydrogens (tertiary/aromatic N) is 3. The van der Waals surface area contributed by atoms with E-state index in [1.165, 1.54) is 0 Å². The normalized spacial score (nSPS) is 12.3. The van der Waals surface area contributed by atoms with Crippen molar-refractivity contribution >= 4 is 76.0 Å². The topological polar surface area (TPSA) is 163 Å². The molecule has 16 heteroatoms. The summed E-state index contributed by atoms with van der Waals surface area (Å²) in [6.45, 7) is 10.5. The summed E-state index contributed by atoms with van der Waals surface area (Å²) in [6.07, 6.45) is 0. The number of hydrogen-bond acceptors (Lipinski definition) is 10. The largest absolute Gasteiger partial charge is 0.475 e. The van der Waals surface area contributed by atoms with E-state index in [1.807, 2.05) is 0 Å². The zero-order valence-corrected chi connectivity index (χ0v) is 26.8. The second-order valence-electron chi connectivity index (χ2n) is 9.68. The third kappa shape index (κ3) is 11.6. The molecule has 1 amide bonds. The van der Waals surface area contributed by atoms with Crippen molar-refractivity contribution in [3.8, 4) is 0 Å². The van der Waals surface area contributed by atoms with E-state index in [-0.39, 0.29) is 24.4 Å². The number of phosphoric acid groups is 1. The van der Waals surface area contributed by atoms with Gasteiger partial charge in [0.2, 0.25) is 0 Å². The van der Waals surface area contributed by atoms with Crippen molar-refractivity contribution in [1.29, 1.82) is 0 Å². The zero-order chi connectivity index (χ0) is 28.6. The van der Waals surface area contributed by atoms with E-state index in [0.717, 1.165) is 12.1 Å². The van der Waals surface area contributed by atoms with E-state index in [9.17, 15) is 29.6 Å². The number of alkyl halides is 2. The molecule has 0 aromatic heterocycles. The third-order valence-corrected chi connectivity index (χ3v) is 7.17. The van der Waals surface area contributed by atoms with Gasteiger partial charge in [0, 0.05) is 34.6 Å². The Labute approximate surface area is 243 Å². The zero-order valence-electron chi connectivity index (χ0n) is 21.6. The number of phosphoric ester groups is 1. The molecule has 0 atom stereocenters. The molecule has 1 aromatic carbocycles. The molecule has 37 heavy (non-hydrogen) atoms. The van der Waals surface area contributed by atoms with Gasteiger partial charge in [-0.3, -0.25) is 38.6 Å². The minimum atomic E-state index is -4.02. The van der Waals surface area contributed by atoms with Crippen molar-refractivity contribution in [2.24, 2.45) is 0 Å². The van der Waals surface area contributed by atoms with Gasteiger partial charge >= 0.3 is 7.82 Å². The van der Waals surface area contributed by atoms with Gasteiger partial charge in [-0.25, -0.2) is 4.57 Å². The number of halogens is 2. The molecule has 0 bridgehead atoms. The number of nitrogens with one attached hydrogen (secondary N) is 1. The quantitative estimate of drug-likeness (QED) is 0.0624. The van der Waals surface area contributed by atoms with Crippen LogP contribution in [0.5, 0.6) is 0 Å². The summed E-state index contributed by atoms with van der Waals surface area (Å²) in [4.78, 5) is 36.5. The Kier molecular flexibility index (Phi) is 13.1. The molecule has 0 fully saturated rings. The van der Waals surface area contributed by atoms with E-state index < -0.39 is 46.2 Å². The van der Waals surface area contributed by atoms with Gasteiger partial charge < -0.3 is 10.2 Å². The highest BCUT2D eigenvalue weighted by atomic mass is 127. The summed E-state index contributed by atoms with van der Waals surface area (Å²) < 4.78 is 30.8. The lowest BCUT2D eigenvalue weighted by atomic mass is 10.1. The summed E-state index contributed by atoms with van der Waals surface area (Å²) in [5.74, 6) is -0.777. The molecular weight excluding hydrogens is 737 g/mol. The van der Waals surface area contributed by atoms with Crippen LogP contribution < -0.4 is 10.2 Å². The Morgan fingerprint density at radius 2 is 1.51 bits per heavy atom. The van der Waals surface area contributed by atoms with E-state index in [4.69, 9.17) is 13.6 Å². The van der Waals surface area contributed by atoms with Gasteiger partial charge in [-0.1, -0.05) is 45.2 Å². The number of carbonyl (C=O) groups is 1. The van der Waals surface area contributed by atoms with Crippen molar-refractivity contribution < 1.29 is 32.8 Å². The molecule has 1 aromatic rings. The number of nitro benzene ring substituents is 2.